The number of nitriles is 1. The Bertz CT molecular complexity index is 710. The van der Waals surface area contributed by atoms with Crippen LogP contribution in [0, 0.1) is 18.3 Å². The molecular weight excluding hydrogens is 302 g/mol. The van der Waals surface area contributed by atoms with Gasteiger partial charge in [-0.25, -0.2) is 18.1 Å². The molecule has 0 fully saturated rings. The molecule has 2 rings (SSSR count). The third-order valence-corrected chi connectivity index (χ3v) is 6.22. The summed E-state index contributed by atoms with van der Waals surface area (Å²) in [5, 5.41) is 11.5. The van der Waals surface area contributed by atoms with Crippen molar-refractivity contribution in [3.8, 4) is 6.07 Å². The zero-order valence-electron chi connectivity index (χ0n) is 10.1. The van der Waals surface area contributed by atoms with E-state index < -0.39 is 10.0 Å². The predicted molar refractivity (Wildman–Crippen MR) is 74.8 cm³/mol. The first-order valence-corrected chi connectivity index (χ1v) is 8.60. The normalized spacial score (nSPS) is 11.4. The molecule has 0 aliphatic heterocycles. The minimum atomic E-state index is -3.52. The lowest BCUT2D eigenvalue weighted by atomic mass is 10.4. The van der Waals surface area contributed by atoms with E-state index in [0.717, 1.165) is 22.0 Å². The highest BCUT2D eigenvalue weighted by molar-refractivity contribution is 7.91. The Balaban J connectivity index is 1.96. The second kappa shape index (κ2) is 5.79. The number of aromatic nitrogens is 1. The number of sulfonamides is 1. The molecule has 0 unspecified atom stereocenters. The van der Waals surface area contributed by atoms with Crippen LogP contribution in [0.3, 0.4) is 0 Å². The van der Waals surface area contributed by atoms with Crippen LogP contribution in [0.2, 0.25) is 0 Å². The van der Waals surface area contributed by atoms with Crippen LogP contribution in [0.5, 0.6) is 0 Å². The van der Waals surface area contributed by atoms with Gasteiger partial charge in [0.15, 0.2) is 0 Å². The van der Waals surface area contributed by atoms with Crippen LogP contribution in [0.25, 0.3) is 0 Å². The summed E-state index contributed by atoms with van der Waals surface area (Å²) in [6, 6.07) is 4.87. The van der Waals surface area contributed by atoms with Crippen molar-refractivity contribution in [2.24, 2.45) is 0 Å². The van der Waals surface area contributed by atoms with Gasteiger partial charge in [0.25, 0.3) is 0 Å². The van der Waals surface area contributed by atoms with E-state index in [4.69, 9.17) is 5.26 Å². The topological polar surface area (TPSA) is 82.9 Å². The molecule has 0 aromatic carbocycles. The monoisotopic (exact) mass is 313 g/mol. The van der Waals surface area contributed by atoms with Gasteiger partial charge in [0.05, 0.1) is 5.01 Å². The van der Waals surface area contributed by atoms with Crippen LogP contribution < -0.4 is 4.72 Å². The molecule has 5 nitrogen and oxygen atoms in total. The second-order valence-corrected chi connectivity index (χ2v) is 7.78. The summed E-state index contributed by atoms with van der Waals surface area (Å²) in [7, 11) is -3.52. The predicted octanol–water partition coefficient (Wildman–Crippen LogP) is 1.91. The molecule has 0 bridgehead atoms. The fourth-order valence-electron chi connectivity index (χ4n) is 1.41. The minimum absolute atomic E-state index is 0.166. The molecule has 0 atom stereocenters. The number of hydrogen-bond donors (Lipinski definition) is 1. The second-order valence-electron chi connectivity index (χ2n) is 3.76. The number of aryl methyl sites for hydroxylation is 1. The molecule has 8 heteroatoms. The standard InChI is InChI=1S/C11H11N3O2S3/c1-8-7-17-10(14-8)4-5-13-19(15,16)11-3-2-9(6-12)18-11/h2-3,7,13H,4-5H2,1H3. The van der Waals surface area contributed by atoms with Crippen LogP contribution in [-0.2, 0) is 16.4 Å². The SMILES string of the molecule is Cc1csc(CCNS(=O)(=O)c2ccc(C#N)s2)n1. The average molecular weight is 313 g/mol. The van der Waals surface area contributed by atoms with Gasteiger partial charge in [-0.1, -0.05) is 0 Å². The number of nitrogens with zero attached hydrogens (tertiary/aromatic N) is 2. The van der Waals surface area contributed by atoms with E-state index in [1.165, 1.54) is 23.5 Å². The quantitative estimate of drug-likeness (QED) is 0.914. The maximum Gasteiger partial charge on any atom is 0.250 e. The van der Waals surface area contributed by atoms with Gasteiger partial charge in [-0.05, 0) is 19.1 Å². The van der Waals surface area contributed by atoms with Crippen molar-refractivity contribution in [2.45, 2.75) is 17.6 Å². The van der Waals surface area contributed by atoms with E-state index in [-0.39, 0.29) is 4.21 Å². The van der Waals surface area contributed by atoms with Crippen molar-refractivity contribution in [3.05, 3.63) is 33.1 Å². The van der Waals surface area contributed by atoms with E-state index in [0.29, 0.717) is 17.8 Å². The lowest BCUT2D eigenvalue weighted by molar-refractivity contribution is 0.583. The molecule has 2 aromatic heterocycles. The molecule has 0 saturated carbocycles. The largest absolute Gasteiger partial charge is 0.250 e. The highest BCUT2D eigenvalue weighted by atomic mass is 32.2. The first kappa shape index (κ1) is 14.1. The molecule has 2 aromatic rings. The lowest BCUT2D eigenvalue weighted by Gasteiger charge is -2.02. The minimum Gasteiger partial charge on any atom is -0.247 e. The Morgan fingerprint density at radius 3 is 2.84 bits per heavy atom. The van der Waals surface area contributed by atoms with Gasteiger partial charge in [0.2, 0.25) is 10.0 Å². The van der Waals surface area contributed by atoms with Crippen LogP contribution in [-0.4, -0.2) is 19.9 Å². The summed E-state index contributed by atoms with van der Waals surface area (Å²) in [5.41, 5.74) is 0.944. The molecule has 0 radical (unpaired) electrons. The van der Waals surface area contributed by atoms with Gasteiger partial charge in [-0.3, -0.25) is 0 Å². The van der Waals surface area contributed by atoms with Crippen molar-refractivity contribution in [1.29, 1.82) is 5.26 Å². The van der Waals surface area contributed by atoms with Crippen molar-refractivity contribution in [1.82, 2.24) is 9.71 Å². The number of rotatable bonds is 5. The van der Waals surface area contributed by atoms with Gasteiger partial charge in [-0.2, -0.15) is 5.26 Å². The third-order valence-electron chi connectivity index (χ3n) is 2.25. The first-order chi connectivity index (χ1) is 9.01. The lowest BCUT2D eigenvalue weighted by Crippen LogP contribution is -2.25. The number of thiophene rings is 1. The molecular formula is C11H11N3O2S3. The van der Waals surface area contributed by atoms with Crippen LogP contribution >= 0.6 is 22.7 Å². The van der Waals surface area contributed by atoms with E-state index in [1.54, 1.807) is 0 Å². The third kappa shape index (κ3) is 3.61. The smallest absolute Gasteiger partial charge is 0.247 e. The molecule has 0 aliphatic rings. The fraction of sp³-hybridized carbons (Fsp3) is 0.273. The molecule has 0 saturated heterocycles. The first-order valence-electron chi connectivity index (χ1n) is 5.42. The molecule has 1 N–H and O–H groups in total. The zero-order chi connectivity index (χ0) is 13.9. The molecule has 100 valence electrons. The summed E-state index contributed by atoms with van der Waals surface area (Å²) in [6.07, 6.45) is 0.564. The van der Waals surface area contributed by atoms with E-state index in [1.807, 2.05) is 18.4 Å². The summed E-state index contributed by atoms with van der Waals surface area (Å²) < 4.78 is 26.5. The van der Waals surface area contributed by atoms with E-state index in [9.17, 15) is 8.42 Å². The number of thiazole rings is 1. The van der Waals surface area contributed by atoms with Crippen molar-refractivity contribution in [2.75, 3.05) is 6.54 Å². The van der Waals surface area contributed by atoms with Crippen molar-refractivity contribution < 1.29 is 8.42 Å². The summed E-state index contributed by atoms with van der Waals surface area (Å²) >= 11 is 2.48. The summed E-state index contributed by atoms with van der Waals surface area (Å²) in [6.45, 7) is 2.20. The maximum atomic E-state index is 11.9. The van der Waals surface area contributed by atoms with Gasteiger partial charge in [0.1, 0.15) is 15.2 Å². The Labute approximate surface area is 119 Å². The Hall–Kier alpha value is -1.27. The molecule has 2 heterocycles. The Morgan fingerprint density at radius 1 is 1.47 bits per heavy atom. The Kier molecular flexibility index (Phi) is 4.31. The summed E-state index contributed by atoms with van der Waals surface area (Å²) in [4.78, 5) is 4.65. The van der Waals surface area contributed by atoms with Crippen molar-refractivity contribution in [3.63, 3.8) is 0 Å². The van der Waals surface area contributed by atoms with Gasteiger partial charge >= 0.3 is 0 Å². The van der Waals surface area contributed by atoms with E-state index in [2.05, 4.69) is 9.71 Å². The Morgan fingerprint density at radius 2 is 2.26 bits per heavy atom. The van der Waals surface area contributed by atoms with Crippen molar-refractivity contribution >= 4 is 32.7 Å². The van der Waals surface area contributed by atoms with Crippen LogP contribution in [0.1, 0.15) is 15.6 Å². The van der Waals surface area contributed by atoms with Crippen LogP contribution in [0.4, 0.5) is 0 Å². The average Bonchev–Trinajstić information content (AvgIpc) is 2.98. The molecule has 0 spiro atoms. The zero-order valence-corrected chi connectivity index (χ0v) is 12.5. The van der Waals surface area contributed by atoms with E-state index >= 15 is 0 Å². The summed E-state index contributed by atoms with van der Waals surface area (Å²) in [5.74, 6) is 0. The van der Waals surface area contributed by atoms with Gasteiger partial charge < -0.3 is 0 Å². The highest BCUT2D eigenvalue weighted by Crippen LogP contribution is 2.20. The fourth-order valence-corrected chi connectivity index (χ4v) is 4.36. The molecule has 19 heavy (non-hydrogen) atoms. The number of hydrogen-bond acceptors (Lipinski definition) is 6. The highest BCUT2D eigenvalue weighted by Gasteiger charge is 2.16. The maximum absolute atomic E-state index is 11.9. The van der Waals surface area contributed by atoms with Gasteiger partial charge in [-0.15, -0.1) is 22.7 Å². The van der Waals surface area contributed by atoms with Crippen LogP contribution in [0.15, 0.2) is 21.7 Å². The van der Waals surface area contributed by atoms with Gasteiger partial charge in [0, 0.05) is 24.0 Å². The number of nitrogens with one attached hydrogen (secondary N) is 1. The molecule has 0 amide bonds. The molecule has 0 aliphatic carbocycles.